The third kappa shape index (κ3) is 7.28. The highest BCUT2D eigenvalue weighted by Gasteiger charge is 2.33. The van der Waals surface area contributed by atoms with Gasteiger partial charge in [-0.05, 0) is 11.5 Å². The second kappa shape index (κ2) is 10.8. The summed E-state index contributed by atoms with van der Waals surface area (Å²) in [7, 11) is 1.63. The van der Waals surface area contributed by atoms with Crippen LogP contribution in [0.3, 0.4) is 0 Å². The molecule has 0 spiro atoms. The zero-order valence-corrected chi connectivity index (χ0v) is 18.5. The lowest BCUT2D eigenvalue weighted by Gasteiger charge is -2.23. The lowest BCUT2D eigenvalue weighted by atomic mass is 9.88. The molecule has 2 aromatic rings. The molecule has 2 N–H and O–H groups in total. The minimum atomic E-state index is -4.41. The molecule has 1 aromatic carbocycles. The number of halogens is 4. The van der Waals surface area contributed by atoms with Gasteiger partial charge in [0.1, 0.15) is 5.01 Å². The maximum Gasteiger partial charge on any atom is 0.434 e. The first-order chi connectivity index (χ1) is 12.3. The van der Waals surface area contributed by atoms with Crippen molar-refractivity contribution in [1.29, 1.82) is 0 Å². The summed E-state index contributed by atoms with van der Waals surface area (Å²) < 4.78 is 37.8. The molecule has 0 saturated carbocycles. The number of benzene rings is 1. The number of guanidine groups is 1. The molecule has 0 aliphatic rings. The van der Waals surface area contributed by atoms with Crippen molar-refractivity contribution in [3.05, 3.63) is 52.0 Å². The number of hydrogen-bond acceptors (Lipinski definition) is 3. The molecule has 1 atom stereocenters. The Morgan fingerprint density at radius 1 is 1.19 bits per heavy atom. The highest BCUT2D eigenvalue weighted by Crippen LogP contribution is 2.30. The summed E-state index contributed by atoms with van der Waals surface area (Å²) in [5.74, 6) is 1.26. The van der Waals surface area contributed by atoms with Crippen LogP contribution in [0.15, 0.2) is 40.7 Å². The van der Waals surface area contributed by atoms with Crippen LogP contribution in [0.4, 0.5) is 13.2 Å². The third-order valence-corrected chi connectivity index (χ3v) is 4.84. The number of alkyl halides is 3. The van der Waals surface area contributed by atoms with Crippen LogP contribution in [-0.2, 0) is 12.7 Å². The Labute approximate surface area is 178 Å². The van der Waals surface area contributed by atoms with Crippen molar-refractivity contribution in [2.75, 3.05) is 13.6 Å². The van der Waals surface area contributed by atoms with Crippen molar-refractivity contribution in [1.82, 2.24) is 15.6 Å². The maximum absolute atomic E-state index is 12.6. The van der Waals surface area contributed by atoms with Gasteiger partial charge in [-0.2, -0.15) is 13.2 Å². The molecule has 0 saturated heterocycles. The standard InChI is InChI=1S/C18H23F3N4S.HI/c1-12(2)14(13-7-5-4-6-8-13)9-23-17(22-3)24-10-16-25-15(11-26-16)18(19,20)21;/h4-8,11-12,14H,9-10H2,1-3H3,(H2,22,23,24);1H. The maximum atomic E-state index is 12.6. The summed E-state index contributed by atoms with van der Waals surface area (Å²) in [4.78, 5) is 7.74. The average molecular weight is 512 g/mol. The van der Waals surface area contributed by atoms with Gasteiger partial charge in [0.05, 0.1) is 6.54 Å². The van der Waals surface area contributed by atoms with Crippen molar-refractivity contribution in [3.8, 4) is 0 Å². The summed E-state index contributed by atoms with van der Waals surface area (Å²) in [5, 5.41) is 7.66. The van der Waals surface area contributed by atoms with Crippen LogP contribution < -0.4 is 10.6 Å². The van der Waals surface area contributed by atoms with E-state index in [1.165, 1.54) is 5.56 Å². The quantitative estimate of drug-likeness (QED) is 0.330. The average Bonchev–Trinajstić information content (AvgIpc) is 3.08. The molecule has 0 bridgehead atoms. The molecule has 2 rings (SSSR count). The molecule has 1 aromatic heterocycles. The van der Waals surface area contributed by atoms with Gasteiger partial charge >= 0.3 is 6.18 Å². The first-order valence-electron chi connectivity index (χ1n) is 8.32. The smallest absolute Gasteiger partial charge is 0.356 e. The summed E-state index contributed by atoms with van der Waals surface area (Å²) in [6.45, 7) is 5.18. The molecule has 0 aliphatic heterocycles. The first kappa shape index (κ1) is 23.7. The molecular formula is C18H24F3IN4S. The fourth-order valence-electron chi connectivity index (χ4n) is 2.55. The fourth-order valence-corrected chi connectivity index (χ4v) is 3.29. The Hall–Kier alpha value is -1.36. The van der Waals surface area contributed by atoms with Gasteiger partial charge in [0.2, 0.25) is 0 Å². The van der Waals surface area contributed by atoms with Gasteiger partial charge < -0.3 is 10.6 Å². The third-order valence-electron chi connectivity index (χ3n) is 3.99. The monoisotopic (exact) mass is 512 g/mol. The summed E-state index contributed by atoms with van der Waals surface area (Å²) in [6, 6.07) is 10.2. The predicted molar refractivity (Wildman–Crippen MR) is 115 cm³/mol. The van der Waals surface area contributed by atoms with Gasteiger partial charge in [-0.1, -0.05) is 44.2 Å². The van der Waals surface area contributed by atoms with Crippen LogP contribution in [-0.4, -0.2) is 24.5 Å². The van der Waals surface area contributed by atoms with Gasteiger partial charge in [0.15, 0.2) is 11.7 Å². The number of hydrogen-bond donors (Lipinski definition) is 2. The summed E-state index contributed by atoms with van der Waals surface area (Å²) in [5.41, 5.74) is 0.381. The van der Waals surface area contributed by atoms with E-state index in [9.17, 15) is 13.2 Å². The Morgan fingerprint density at radius 3 is 2.37 bits per heavy atom. The van der Waals surface area contributed by atoms with E-state index in [0.717, 1.165) is 16.7 Å². The second-order valence-corrected chi connectivity index (χ2v) is 7.13. The normalized spacial score (nSPS) is 13.2. The van der Waals surface area contributed by atoms with Crippen molar-refractivity contribution in [2.24, 2.45) is 10.9 Å². The van der Waals surface area contributed by atoms with E-state index in [-0.39, 0.29) is 30.5 Å². The van der Waals surface area contributed by atoms with Crippen LogP contribution >= 0.6 is 35.3 Å². The highest BCUT2D eigenvalue weighted by molar-refractivity contribution is 14.0. The van der Waals surface area contributed by atoms with E-state index >= 15 is 0 Å². The molecule has 1 heterocycles. The summed E-state index contributed by atoms with van der Waals surface area (Å²) in [6.07, 6.45) is -4.41. The van der Waals surface area contributed by atoms with E-state index in [0.29, 0.717) is 29.3 Å². The van der Waals surface area contributed by atoms with E-state index in [1.54, 1.807) is 7.05 Å². The Balaban J connectivity index is 0.00000364. The molecule has 0 radical (unpaired) electrons. The lowest BCUT2D eigenvalue weighted by Crippen LogP contribution is -2.39. The van der Waals surface area contributed by atoms with Crippen LogP contribution in [0.1, 0.15) is 36.0 Å². The van der Waals surface area contributed by atoms with E-state index in [1.807, 2.05) is 18.2 Å². The Kier molecular flexibility index (Phi) is 9.51. The number of nitrogens with zero attached hydrogens (tertiary/aromatic N) is 2. The number of thiazole rings is 1. The van der Waals surface area contributed by atoms with Crippen molar-refractivity contribution in [3.63, 3.8) is 0 Å². The highest BCUT2D eigenvalue weighted by atomic mass is 127. The predicted octanol–water partition coefficient (Wildman–Crippen LogP) is 4.88. The van der Waals surface area contributed by atoms with Crippen LogP contribution in [0.25, 0.3) is 0 Å². The Morgan fingerprint density at radius 2 is 1.85 bits per heavy atom. The molecule has 0 fully saturated rings. The molecular weight excluding hydrogens is 488 g/mol. The minimum Gasteiger partial charge on any atom is -0.356 e. The van der Waals surface area contributed by atoms with Crippen molar-refractivity contribution in [2.45, 2.75) is 32.5 Å². The molecule has 0 amide bonds. The van der Waals surface area contributed by atoms with E-state index in [2.05, 4.69) is 46.6 Å². The zero-order valence-electron chi connectivity index (χ0n) is 15.4. The number of aromatic nitrogens is 1. The Bertz CT molecular complexity index is 717. The van der Waals surface area contributed by atoms with Gasteiger partial charge in [-0.3, -0.25) is 4.99 Å². The van der Waals surface area contributed by atoms with Crippen LogP contribution in [0, 0.1) is 5.92 Å². The molecule has 27 heavy (non-hydrogen) atoms. The summed E-state index contributed by atoms with van der Waals surface area (Å²) >= 11 is 0.979. The minimum absolute atomic E-state index is 0. The molecule has 4 nitrogen and oxygen atoms in total. The number of rotatable bonds is 6. The topological polar surface area (TPSA) is 49.3 Å². The second-order valence-electron chi connectivity index (χ2n) is 6.19. The van der Waals surface area contributed by atoms with Gasteiger partial charge in [-0.25, -0.2) is 4.98 Å². The molecule has 0 aliphatic carbocycles. The van der Waals surface area contributed by atoms with E-state index < -0.39 is 11.9 Å². The lowest BCUT2D eigenvalue weighted by molar-refractivity contribution is -0.140. The van der Waals surface area contributed by atoms with Crippen LogP contribution in [0.2, 0.25) is 0 Å². The molecule has 150 valence electrons. The largest absolute Gasteiger partial charge is 0.434 e. The SMILES string of the molecule is CN=C(NCc1nc(C(F)(F)F)cs1)NCC(c1ccccc1)C(C)C.I. The zero-order chi connectivity index (χ0) is 19.2. The van der Waals surface area contributed by atoms with Crippen molar-refractivity contribution < 1.29 is 13.2 Å². The number of nitrogens with one attached hydrogen (secondary N) is 2. The van der Waals surface area contributed by atoms with E-state index in [4.69, 9.17) is 0 Å². The first-order valence-corrected chi connectivity index (χ1v) is 9.20. The van der Waals surface area contributed by atoms with Crippen LogP contribution in [0.5, 0.6) is 0 Å². The van der Waals surface area contributed by atoms with Gasteiger partial charge in [0, 0.05) is 24.9 Å². The molecule has 9 heteroatoms. The van der Waals surface area contributed by atoms with Crippen molar-refractivity contribution >= 4 is 41.3 Å². The van der Waals surface area contributed by atoms with Gasteiger partial charge in [0.25, 0.3) is 0 Å². The molecule has 1 unspecified atom stereocenters. The fraction of sp³-hybridized carbons (Fsp3) is 0.444. The van der Waals surface area contributed by atoms with Gasteiger partial charge in [-0.15, -0.1) is 35.3 Å². The number of aliphatic imine (C=N–C) groups is 1.